The van der Waals surface area contributed by atoms with Crippen molar-refractivity contribution in [3.05, 3.63) is 29.8 Å². The van der Waals surface area contributed by atoms with E-state index < -0.39 is 11.9 Å². The molecule has 1 aliphatic heterocycles. The first-order valence-electron chi connectivity index (χ1n) is 4.12. The van der Waals surface area contributed by atoms with Crippen LogP contribution in [0.1, 0.15) is 5.56 Å². The molecule has 0 saturated heterocycles. The van der Waals surface area contributed by atoms with Crippen LogP contribution in [0.25, 0.3) is 0 Å². The third kappa shape index (κ3) is 1.45. The van der Waals surface area contributed by atoms with Crippen molar-refractivity contribution in [3.8, 4) is 0 Å². The zero-order valence-electron chi connectivity index (χ0n) is 6.97. The molecule has 0 amide bonds. The maximum atomic E-state index is 10.7. The first-order valence-corrected chi connectivity index (χ1v) is 4.12. The van der Waals surface area contributed by atoms with Gasteiger partial charge in [-0.3, -0.25) is 9.79 Å². The van der Waals surface area contributed by atoms with Crippen LogP contribution in [0, 0.1) is 5.92 Å². The second kappa shape index (κ2) is 3.01. The van der Waals surface area contributed by atoms with E-state index in [9.17, 15) is 4.79 Å². The van der Waals surface area contributed by atoms with Crippen LogP contribution < -0.4 is 0 Å². The lowest BCUT2D eigenvalue weighted by molar-refractivity contribution is -0.139. The Morgan fingerprint density at radius 1 is 1.46 bits per heavy atom. The Labute approximate surface area is 75.7 Å². The predicted molar refractivity (Wildman–Crippen MR) is 49.4 cm³/mol. The van der Waals surface area contributed by atoms with E-state index in [4.69, 9.17) is 5.11 Å². The first kappa shape index (κ1) is 7.98. The molecule has 1 heterocycles. The van der Waals surface area contributed by atoms with Crippen molar-refractivity contribution >= 4 is 17.9 Å². The van der Waals surface area contributed by atoms with Gasteiger partial charge in [0, 0.05) is 6.21 Å². The van der Waals surface area contributed by atoms with Gasteiger partial charge in [-0.25, -0.2) is 0 Å². The molecule has 0 spiro atoms. The minimum atomic E-state index is -0.807. The van der Waals surface area contributed by atoms with Crippen LogP contribution in [0.5, 0.6) is 0 Å². The van der Waals surface area contributed by atoms with Crippen molar-refractivity contribution in [2.24, 2.45) is 10.9 Å². The van der Waals surface area contributed by atoms with E-state index in [0.717, 1.165) is 11.3 Å². The summed E-state index contributed by atoms with van der Waals surface area (Å²) in [5, 5.41) is 8.77. The molecule has 3 nitrogen and oxygen atoms in total. The van der Waals surface area contributed by atoms with E-state index in [-0.39, 0.29) is 0 Å². The van der Waals surface area contributed by atoms with Crippen molar-refractivity contribution in [3.63, 3.8) is 0 Å². The third-order valence-corrected chi connectivity index (χ3v) is 2.14. The van der Waals surface area contributed by atoms with Gasteiger partial charge >= 0.3 is 5.97 Å². The molecule has 66 valence electrons. The Kier molecular flexibility index (Phi) is 1.85. The Morgan fingerprint density at radius 2 is 2.23 bits per heavy atom. The number of nitrogens with zero attached hydrogens (tertiary/aromatic N) is 1. The summed E-state index contributed by atoms with van der Waals surface area (Å²) in [6.45, 7) is 0. The molecular weight excluding hydrogens is 166 g/mol. The minimum absolute atomic E-state index is 0.463. The lowest BCUT2D eigenvalue weighted by atomic mass is 9.97. The van der Waals surface area contributed by atoms with Gasteiger partial charge in [-0.05, 0) is 18.1 Å². The maximum absolute atomic E-state index is 10.7. The number of benzene rings is 1. The molecule has 1 unspecified atom stereocenters. The smallest absolute Gasteiger partial charge is 0.312 e. The average Bonchev–Trinajstić information content (AvgIpc) is 2.17. The van der Waals surface area contributed by atoms with E-state index >= 15 is 0 Å². The molecule has 3 heteroatoms. The van der Waals surface area contributed by atoms with Crippen LogP contribution in [0.2, 0.25) is 0 Å². The lowest BCUT2D eigenvalue weighted by Gasteiger charge is -2.14. The first-order chi connectivity index (χ1) is 6.27. The quantitative estimate of drug-likeness (QED) is 0.705. The summed E-state index contributed by atoms with van der Waals surface area (Å²) in [7, 11) is 0. The lowest BCUT2D eigenvalue weighted by Crippen LogP contribution is -2.19. The predicted octanol–water partition coefficient (Wildman–Crippen LogP) is 1.65. The topological polar surface area (TPSA) is 49.7 Å². The Hall–Kier alpha value is -1.64. The van der Waals surface area contributed by atoms with Crippen LogP contribution in [0.4, 0.5) is 5.69 Å². The van der Waals surface area contributed by atoms with Crippen molar-refractivity contribution in [2.75, 3.05) is 0 Å². The summed E-state index contributed by atoms with van der Waals surface area (Å²) in [4.78, 5) is 14.8. The fourth-order valence-corrected chi connectivity index (χ4v) is 1.42. The molecule has 0 bridgehead atoms. The fraction of sp³-hybridized carbons (Fsp3) is 0.200. The van der Waals surface area contributed by atoms with Gasteiger partial charge in [0.25, 0.3) is 0 Å². The van der Waals surface area contributed by atoms with Gasteiger partial charge in [0.1, 0.15) is 0 Å². The summed E-state index contributed by atoms with van der Waals surface area (Å²) in [6, 6.07) is 7.61. The molecule has 2 rings (SSSR count). The molecule has 1 aromatic carbocycles. The van der Waals surface area contributed by atoms with Gasteiger partial charge in [-0.1, -0.05) is 18.2 Å². The number of rotatable bonds is 1. The number of carboxylic acid groups (broad SMARTS) is 1. The zero-order valence-corrected chi connectivity index (χ0v) is 6.97. The summed E-state index contributed by atoms with van der Waals surface area (Å²) in [5.74, 6) is -1.27. The highest BCUT2D eigenvalue weighted by Crippen LogP contribution is 2.25. The fourth-order valence-electron chi connectivity index (χ4n) is 1.42. The summed E-state index contributed by atoms with van der Waals surface area (Å²) in [6.07, 6.45) is 2.06. The molecule has 0 aromatic heterocycles. The van der Waals surface area contributed by atoms with Crippen LogP contribution >= 0.6 is 0 Å². The highest BCUT2D eigenvalue weighted by molar-refractivity contribution is 5.91. The third-order valence-electron chi connectivity index (χ3n) is 2.14. The summed E-state index contributed by atoms with van der Waals surface area (Å²) >= 11 is 0. The molecule has 0 radical (unpaired) electrons. The molecule has 1 aromatic rings. The number of hydrogen-bond acceptors (Lipinski definition) is 2. The van der Waals surface area contributed by atoms with Gasteiger partial charge in [0.05, 0.1) is 11.6 Å². The maximum Gasteiger partial charge on any atom is 0.312 e. The van der Waals surface area contributed by atoms with E-state index in [1.54, 1.807) is 0 Å². The molecule has 1 aliphatic rings. The molecule has 13 heavy (non-hydrogen) atoms. The Morgan fingerprint density at radius 3 is 3.00 bits per heavy atom. The van der Waals surface area contributed by atoms with Crippen molar-refractivity contribution < 1.29 is 9.90 Å². The summed E-state index contributed by atoms with van der Waals surface area (Å²) in [5.41, 5.74) is 1.90. The van der Waals surface area contributed by atoms with Crippen LogP contribution in [0.3, 0.4) is 0 Å². The normalized spacial score (nSPS) is 19.5. The second-order valence-corrected chi connectivity index (χ2v) is 3.06. The Balaban J connectivity index is 2.34. The highest BCUT2D eigenvalue weighted by Gasteiger charge is 2.20. The van der Waals surface area contributed by atoms with Gasteiger partial charge < -0.3 is 5.11 Å². The van der Waals surface area contributed by atoms with E-state index in [0.29, 0.717) is 6.42 Å². The van der Waals surface area contributed by atoms with Crippen LogP contribution in [-0.2, 0) is 11.2 Å². The van der Waals surface area contributed by atoms with Gasteiger partial charge in [-0.2, -0.15) is 0 Å². The van der Waals surface area contributed by atoms with Gasteiger partial charge in [0.2, 0.25) is 0 Å². The minimum Gasteiger partial charge on any atom is -0.481 e. The molecule has 0 aliphatic carbocycles. The standard InChI is InChI=1S/C10H9NO2/c12-10(13)8-5-7-3-1-2-4-9(7)11-6-8/h1-4,6,8H,5H2,(H,12,13). The molecular formula is C10H9NO2. The number of carbonyl (C=O) groups is 1. The number of para-hydroxylation sites is 1. The highest BCUT2D eigenvalue weighted by atomic mass is 16.4. The SMILES string of the molecule is O=C(O)C1C=Nc2ccccc2C1. The molecule has 1 N–H and O–H groups in total. The van der Waals surface area contributed by atoms with E-state index in [1.165, 1.54) is 6.21 Å². The number of aliphatic carboxylic acids is 1. The zero-order chi connectivity index (χ0) is 9.26. The average molecular weight is 175 g/mol. The van der Waals surface area contributed by atoms with Crippen LogP contribution in [-0.4, -0.2) is 17.3 Å². The van der Waals surface area contributed by atoms with Gasteiger partial charge in [-0.15, -0.1) is 0 Å². The van der Waals surface area contributed by atoms with Crippen molar-refractivity contribution in [1.29, 1.82) is 0 Å². The monoisotopic (exact) mass is 175 g/mol. The van der Waals surface area contributed by atoms with Crippen LogP contribution in [0.15, 0.2) is 29.3 Å². The number of carboxylic acids is 1. The number of aliphatic imine (C=N–C) groups is 1. The molecule has 1 atom stereocenters. The van der Waals surface area contributed by atoms with Gasteiger partial charge in [0.15, 0.2) is 0 Å². The Bertz CT molecular complexity index is 371. The molecule has 0 saturated carbocycles. The van der Waals surface area contributed by atoms with Crippen molar-refractivity contribution in [1.82, 2.24) is 0 Å². The van der Waals surface area contributed by atoms with E-state index in [1.807, 2.05) is 24.3 Å². The number of hydrogen-bond donors (Lipinski definition) is 1. The largest absolute Gasteiger partial charge is 0.481 e. The number of fused-ring (bicyclic) bond motifs is 1. The van der Waals surface area contributed by atoms with E-state index in [2.05, 4.69) is 4.99 Å². The summed E-state index contributed by atoms with van der Waals surface area (Å²) < 4.78 is 0. The second-order valence-electron chi connectivity index (χ2n) is 3.06. The molecule has 0 fully saturated rings. The van der Waals surface area contributed by atoms with Crippen molar-refractivity contribution in [2.45, 2.75) is 6.42 Å².